The average molecular weight is 179 g/mol. The van der Waals surface area contributed by atoms with Crippen molar-refractivity contribution in [2.75, 3.05) is 6.61 Å². The summed E-state index contributed by atoms with van der Waals surface area (Å²) in [4.78, 5) is 3.98. The second kappa shape index (κ2) is 2.75. The van der Waals surface area contributed by atoms with Crippen LogP contribution in [0.5, 0.6) is 6.01 Å². The van der Waals surface area contributed by atoms with E-state index in [-0.39, 0.29) is 12.7 Å². The van der Waals surface area contributed by atoms with Crippen LogP contribution in [0.25, 0.3) is 0 Å². The van der Waals surface area contributed by atoms with E-state index in [0.29, 0.717) is 18.2 Å². The lowest BCUT2D eigenvalue weighted by Crippen LogP contribution is -2.19. The highest BCUT2D eigenvalue weighted by atomic mass is 16.5. The quantitative estimate of drug-likeness (QED) is 0.649. The van der Waals surface area contributed by atoms with Gasteiger partial charge in [0.25, 0.3) is 6.01 Å². The summed E-state index contributed by atoms with van der Waals surface area (Å²) < 4.78 is 7.08. The molecule has 5 nitrogen and oxygen atoms in total. The van der Waals surface area contributed by atoms with Crippen LogP contribution in [0.4, 0.5) is 0 Å². The number of aromatic nitrogens is 2. The highest BCUT2D eigenvalue weighted by Gasteiger charge is 2.26. The van der Waals surface area contributed by atoms with Gasteiger partial charge in [-0.15, -0.1) is 0 Å². The first-order chi connectivity index (χ1) is 6.26. The van der Waals surface area contributed by atoms with Gasteiger partial charge in [0.1, 0.15) is 12.2 Å². The summed E-state index contributed by atoms with van der Waals surface area (Å²) in [5.41, 5.74) is 1.19. The van der Waals surface area contributed by atoms with E-state index in [2.05, 4.69) is 4.98 Å². The van der Waals surface area contributed by atoms with E-state index >= 15 is 0 Å². The maximum Gasteiger partial charge on any atom is 0.298 e. The molecule has 1 unspecified atom stereocenters. The zero-order valence-corrected chi connectivity index (χ0v) is 7.19. The van der Waals surface area contributed by atoms with Gasteiger partial charge < -0.3 is 9.84 Å². The van der Waals surface area contributed by atoms with Gasteiger partial charge in [-0.05, 0) is 6.92 Å². The van der Waals surface area contributed by atoms with Crippen molar-refractivity contribution in [2.45, 2.75) is 19.6 Å². The first-order valence-corrected chi connectivity index (χ1v) is 4.01. The van der Waals surface area contributed by atoms with Crippen LogP contribution in [-0.2, 0) is 6.54 Å². The summed E-state index contributed by atoms with van der Waals surface area (Å²) in [5, 5.41) is 17.5. The Bertz CT molecular complexity index is 377. The average Bonchev–Trinajstić information content (AvgIpc) is 2.65. The molecular weight excluding hydrogens is 170 g/mol. The van der Waals surface area contributed by atoms with Crippen molar-refractivity contribution < 1.29 is 9.84 Å². The van der Waals surface area contributed by atoms with Crippen molar-refractivity contribution in [2.24, 2.45) is 0 Å². The molecule has 1 aromatic heterocycles. The Morgan fingerprint density at radius 3 is 3.15 bits per heavy atom. The van der Waals surface area contributed by atoms with Crippen LogP contribution >= 0.6 is 0 Å². The molecule has 0 radical (unpaired) electrons. The third-order valence-corrected chi connectivity index (χ3v) is 2.15. The van der Waals surface area contributed by atoms with Crippen molar-refractivity contribution in [3.05, 3.63) is 11.4 Å². The molecule has 68 valence electrons. The number of fused-ring (bicyclic) bond motifs is 1. The normalized spacial score (nSPS) is 19.3. The highest BCUT2D eigenvalue weighted by Crippen LogP contribution is 2.24. The van der Waals surface area contributed by atoms with E-state index in [9.17, 15) is 0 Å². The van der Waals surface area contributed by atoms with Crippen LogP contribution in [0.2, 0.25) is 0 Å². The van der Waals surface area contributed by atoms with E-state index in [1.165, 1.54) is 0 Å². The van der Waals surface area contributed by atoms with Crippen LogP contribution in [0.1, 0.15) is 11.4 Å². The Balaban J connectivity index is 2.37. The summed E-state index contributed by atoms with van der Waals surface area (Å²) >= 11 is 0. The summed E-state index contributed by atoms with van der Waals surface area (Å²) in [5.74, 6) is 0. The predicted octanol–water partition coefficient (Wildman–Crippen LogP) is -0.184. The van der Waals surface area contributed by atoms with Crippen LogP contribution < -0.4 is 4.74 Å². The largest absolute Gasteiger partial charge is 0.457 e. The monoisotopic (exact) mass is 179 g/mol. The molecule has 1 atom stereocenters. The number of nitrogens with zero attached hydrogens (tertiary/aromatic N) is 3. The molecule has 2 heterocycles. The van der Waals surface area contributed by atoms with Gasteiger partial charge in [-0.1, -0.05) is 0 Å². The third kappa shape index (κ3) is 1.07. The fourth-order valence-corrected chi connectivity index (χ4v) is 1.40. The molecule has 1 N–H and O–H groups in total. The van der Waals surface area contributed by atoms with E-state index in [1.54, 1.807) is 4.57 Å². The number of hydrogen-bond donors (Lipinski definition) is 1. The van der Waals surface area contributed by atoms with Crippen molar-refractivity contribution in [1.29, 1.82) is 5.26 Å². The van der Waals surface area contributed by atoms with Crippen LogP contribution in [0.3, 0.4) is 0 Å². The first kappa shape index (κ1) is 8.08. The second-order valence-electron chi connectivity index (χ2n) is 2.97. The standard InChI is InChI=1S/C8H9N3O2/c1-5-7(2-9)10-8-11(5)3-6(4-12)13-8/h6,12H,3-4H2,1H3. The summed E-state index contributed by atoms with van der Waals surface area (Å²) in [6, 6.07) is 2.42. The maximum absolute atomic E-state index is 8.84. The lowest BCUT2D eigenvalue weighted by atomic mass is 10.3. The number of imidazole rings is 1. The van der Waals surface area contributed by atoms with E-state index in [4.69, 9.17) is 15.1 Å². The SMILES string of the molecule is Cc1c(C#N)nc2n1CC(CO)O2. The first-order valence-electron chi connectivity index (χ1n) is 4.01. The molecule has 0 bridgehead atoms. The molecule has 1 aromatic rings. The van der Waals surface area contributed by atoms with Gasteiger partial charge >= 0.3 is 0 Å². The van der Waals surface area contributed by atoms with Crippen LogP contribution in [-0.4, -0.2) is 27.4 Å². The van der Waals surface area contributed by atoms with Crippen LogP contribution in [0, 0.1) is 18.3 Å². The van der Waals surface area contributed by atoms with Gasteiger partial charge in [0.15, 0.2) is 5.69 Å². The van der Waals surface area contributed by atoms with Crippen molar-refractivity contribution >= 4 is 0 Å². The van der Waals surface area contributed by atoms with Gasteiger partial charge in [-0.2, -0.15) is 10.2 Å². The van der Waals surface area contributed by atoms with Gasteiger partial charge in [0, 0.05) is 0 Å². The molecule has 2 rings (SSSR count). The van der Waals surface area contributed by atoms with Gasteiger partial charge in [-0.25, -0.2) is 0 Å². The Morgan fingerprint density at radius 2 is 2.62 bits per heavy atom. The third-order valence-electron chi connectivity index (χ3n) is 2.15. The van der Waals surface area contributed by atoms with E-state index in [1.807, 2.05) is 13.0 Å². The van der Waals surface area contributed by atoms with Gasteiger partial charge in [0.2, 0.25) is 0 Å². The fraction of sp³-hybridized carbons (Fsp3) is 0.500. The maximum atomic E-state index is 8.84. The number of rotatable bonds is 1. The molecule has 0 aliphatic carbocycles. The smallest absolute Gasteiger partial charge is 0.298 e. The number of aliphatic hydroxyl groups excluding tert-OH is 1. The Hall–Kier alpha value is -1.54. The zero-order chi connectivity index (χ0) is 9.42. The van der Waals surface area contributed by atoms with Crippen molar-refractivity contribution in [3.8, 4) is 12.1 Å². The Kier molecular flexibility index (Phi) is 1.71. The Morgan fingerprint density at radius 1 is 1.85 bits per heavy atom. The lowest BCUT2D eigenvalue weighted by molar-refractivity contribution is 0.129. The lowest BCUT2D eigenvalue weighted by Gasteiger charge is -2.03. The number of nitriles is 1. The minimum atomic E-state index is -0.214. The van der Waals surface area contributed by atoms with Crippen molar-refractivity contribution in [3.63, 3.8) is 0 Å². The van der Waals surface area contributed by atoms with Gasteiger partial charge in [-0.3, -0.25) is 4.57 Å². The zero-order valence-electron chi connectivity index (χ0n) is 7.19. The molecule has 1 aliphatic rings. The summed E-state index contributed by atoms with van der Waals surface area (Å²) in [7, 11) is 0. The molecule has 0 amide bonds. The number of hydrogen-bond acceptors (Lipinski definition) is 4. The molecular formula is C8H9N3O2. The number of aliphatic hydroxyl groups is 1. The van der Waals surface area contributed by atoms with Crippen LogP contribution in [0.15, 0.2) is 0 Å². The second-order valence-corrected chi connectivity index (χ2v) is 2.97. The molecule has 0 saturated heterocycles. The minimum absolute atomic E-state index is 0.0231. The van der Waals surface area contributed by atoms with Gasteiger partial charge in [0.05, 0.1) is 18.8 Å². The summed E-state index contributed by atoms with van der Waals surface area (Å²) in [6.45, 7) is 2.37. The molecule has 0 saturated carbocycles. The predicted molar refractivity (Wildman–Crippen MR) is 43.2 cm³/mol. The molecule has 0 aromatic carbocycles. The molecule has 0 spiro atoms. The topological polar surface area (TPSA) is 71.1 Å². The summed E-state index contributed by atoms with van der Waals surface area (Å²) in [6.07, 6.45) is -0.214. The molecule has 1 aliphatic heterocycles. The van der Waals surface area contributed by atoms with E-state index < -0.39 is 0 Å². The van der Waals surface area contributed by atoms with Crippen molar-refractivity contribution in [1.82, 2.24) is 9.55 Å². The fourth-order valence-electron chi connectivity index (χ4n) is 1.40. The minimum Gasteiger partial charge on any atom is -0.457 e. The number of ether oxygens (including phenoxy) is 1. The Labute approximate surface area is 75.2 Å². The molecule has 0 fully saturated rings. The highest BCUT2D eigenvalue weighted by molar-refractivity contribution is 5.31. The van der Waals surface area contributed by atoms with E-state index in [0.717, 1.165) is 5.69 Å². The molecule has 13 heavy (non-hydrogen) atoms. The molecule has 5 heteroatoms.